The number of aromatic nitrogens is 5. The molecule has 10 nitrogen and oxygen atoms in total. The van der Waals surface area contributed by atoms with Crippen molar-refractivity contribution in [2.75, 3.05) is 4.72 Å². The zero-order valence-electron chi connectivity index (χ0n) is 9.95. The van der Waals surface area contributed by atoms with E-state index in [-0.39, 0.29) is 11.6 Å². The van der Waals surface area contributed by atoms with Crippen LogP contribution >= 0.6 is 0 Å². The molecule has 0 aliphatic carbocycles. The molecule has 11 heteroatoms. The Morgan fingerprint density at radius 1 is 1.53 bits per heavy atom. The molecule has 2 aromatic heterocycles. The first-order chi connectivity index (χ1) is 8.83. The lowest BCUT2D eigenvalue weighted by Gasteiger charge is -2.06. The van der Waals surface area contributed by atoms with Gasteiger partial charge in [-0.2, -0.15) is 15.2 Å². The number of carboxylic acids is 1. The van der Waals surface area contributed by atoms with Gasteiger partial charge in [0.05, 0.1) is 5.69 Å². The minimum atomic E-state index is -4.12. The first-order valence-corrected chi connectivity index (χ1v) is 6.46. The Morgan fingerprint density at radius 2 is 2.21 bits per heavy atom. The Labute approximate surface area is 107 Å². The SMILES string of the molecule is Cc1[nH]nc(C(=O)O)c1S(=O)(=O)Nc1ncnn1C. The van der Waals surface area contributed by atoms with Crippen LogP contribution < -0.4 is 4.72 Å². The van der Waals surface area contributed by atoms with E-state index in [0.29, 0.717) is 0 Å². The molecule has 0 bridgehead atoms. The van der Waals surface area contributed by atoms with E-state index in [2.05, 4.69) is 25.0 Å². The van der Waals surface area contributed by atoms with Crippen molar-refractivity contribution in [1.29, 1.82) is 0 Å². The zero-order valence-corrected chi connectivity index (χ0v) is 10.8. The lowest BCUT2D eigenvalue weighted by atomic mass is 10.4. The van der Waals surface area contributed by atoms with Crippen LogP contribution in [0.5, 0.6) is 0 Å². The standard InChI is InChI=1S/C8H10N6O4S/c1-4-6(5(7(15)16)12-11-4)19(17,18)13-8-9-3-10-14(8)2/h3H,1-2H3,(H,11,12)(H,15,16)(H,9,10,13). The molecular weight excluding hydrogens is 276 g/mol. The van der Waals surface area contributed by atoms with Gasteiger partial charge in [-0.1, -0.05) is 0 Å². The van der Waals surface area contributed by atoms with E-state index in [1.54, 1.807) is 0 Å². The highest BCUT2D eigenvalue weighted by Crippen LogP contribution is 2.20. The predicted molar refractivity (Wildman–Crippen MR) is 62.1 cm³/mol. The first kappa shape index (κ1) is 13.0. The smallest absolute Gasteiger partial charge is 0.357 e. The van der Waals surface area contributed by atoms with Crippen LogP contribution in [-0.2, 0) is 17.1 Å². The number of hydrogen-bond donors (Lipinski definition) is 3. The van der Waals surface area contributed by atoms with Crippen molar-refractivity contribution in [3.63, 3.8) is 0 Å². The third kappa shape index (κ3) is 2.27. The molecule has 2 aromatic rings. The highest BCUT2D eigenvalue weighted by Gasteiger charge is 2.29. The highest BCUT2D eigenvalue weighted by atomic mass is 32.2. The van der Waals surface area contributed by atoms with Gasteiger partial charge >= 0.3 is 5.97 Å². The monoisotopic (exact) mass is 286 g/mol. The minimum absolute atomic E-state index is 0.0306. The van der Waals surface area contributed by atoms with Gasteiger partial charge in [-0.05, 0) is 6.92 Å². The normalized spacial score (nSPS) is 11.5. The summed E-state index contributed by atoms with van der Waals surface area (Å²) >= 11 is 0. The number of sulfonamides is 1. The number of H-pyrrole nitrogens is 1. The summed E-state index contributed by atoms with van der Waals surface area (Å²) in [6.45, 7) is 1.41. The maximum Gasteiger partial charge on any atom is 0.357 e. The highest BCUT2D eigenvalue weighted by molar-refractivity contribution is 7.92. The Bertz CT molecular complexity index is 730. The van der Waals surface area contributed by atoms with Crippen LogP contribution in [0.3, 0.4) is 0 Å². The van der Waals surface area contributed by atoms with Gasteiger partial charge in [-0.3, -0.25) is 5.10 Å². The molecule has 0 unspecified atom stereocenters. The van der Waals surface area contributed by atoms with Crippen molar-refractivity contribution < 1.29 is 18.3 Å². The predicted octanol–water partition coefficient (Wildman–Crippen LogP) is -0.654. The number of hydrogen-bond acceptors (Lipinski definition) is 6. The molecule has 2 heterocycles. The van der Waals surface area contributed by atoms with Crippen molar-refractivity contribution in [2.45, 2.75) is 11.8 Å². The van der Waals surface area contributed by atoms with Crippen LogP contribution in [0.1, 0.15) is 16.2 Å². The molecular formula is C8H10N6O4S. The summed E-state index contributed by atoms with van der Waals surface area (Å²) in [6, 6.07) is 0. The fraction of sp³-hybridized carbons (Fsp3) is 0.250. The maximum atomic E-state index is 12.1. The maximum absolute atomic E-state index is 12.1. The third-order valence-electron chi connectivity index (χ3n) is 2.30. The summed E-state index contributed by atoms with van der Waals surface area (Å²) < 4.78 is 27.6. The Morgan fingerprint density at radius 3 is 2.74 bits per heavy atom. The van der Waals surface area contributed by atoms with E-state index in [9.17, 15) is 13.2 Å². The Balaban J connectivity index is 2.49. The minimum Gasteiger partial charge on any atom is -0.476 e. The van der Waals surface area contributed by atoms with E-state index in [1.165, 1.54) is 18.7 Å². The number of carboxylic acid groups (broad SMARTS) is 1. The van der Waals surface area contributed by atoms with Crippen LogP contribution in [0.2, 0.25) is 0 Å². The molecule has 0 saturated carbocycles. The largest absolute Gasteiger partial charge is 0.476 e. The van der Waals surface area contributed by atoms with Crippen molar-refractivity contribution in [3.05, 3.63) is 17.7 Å². The lowest BCUT2D eigenvalue weighted by molar-refractivity contribution is 0.0686. The van der Waals surface area contributed by atoms with E-state index in [4.69, 9.17) is 5.11 Å². The number of nitrogens with one attached hydrogen (secondary N) is 2. The Kier molecular flexibility index (Phi) is 2.98. The molecule has 0 aliphatic heterocycles. The summed E-state index contributed by atoms with van der Waals surface area (Å²) in [5.74, 6) is -1.47. The number of anilines is 1. The number of aromatic amines is 1. The quantitative estimate of drug-likeness (QED) is 0.677. The molecule has 102 valence electrons. The van der Waals surface area contributed by atoms with Crippen LogP contribution in [0.4, 0.5) is 5.95 Å². The summed E-state index contributed by atoms with van der Waals surface area (Å²) in [4.78, 5) is 14.2. The van der Waals surface area contributed by atoms with Gasteiger partial charge in [0, 0.05) is 7.05 Å². The molecule has 0 spiro atoms. The molecule has 0 aliphatic rings. The molecule has 2 rings (SSSR count). The van der Waals surface area contributed by atoms with Gasteiger partial charge in [0.15, 0.2) is 5.69 Å². The number of nitrogens with zero attached hydrogens (tertiary/aromatic N) is 4. The van der Waals surface area contributed by atoms with Gasteiger partial charge < -0.3 is 5.11 Å². The molecule has 0 fully saturated rings. The van der Waals surface area contributed by atoms with Crippen LogP contribution in [0, 0.1) is 6.92 Å². The first-order valence-electron chi connectivity index (χ1n) is 4.98. The van der Waals surface area contributed by atoms with E-state index < -0.39 is 26.6 Å². The second kappa shape index (κ2) is 4.35. The number of carbonyl (C=O) groups is 1. The van der Waals surface area contributed by atoms with Crippen molar-refractivity contribution >= 4 is 21.9 Å². The van der Waals surface area contributed by atoms with Gasteiger partial charge in [0.25, 0.3) is 10.0 Å². The second-order valence-corrected chi connectivity index (χ2v) is 5.26. The topological polar surface area (TPSA) is 143 Å². The number of rotatable bonds is 4. The average Bonchev–Trinajstić information content (AvgIpc) is 2.86. The molecule has 0 aromatic carbocycles. The molecule has 0 atom stereocenters. The van der Waals surface area contributed by atoms with Gasteiger partial charge in [-0.15, -0.1) is 0 Å². The lowest BCUT2D eigenvalue weighted by Crippen LogP contribution is -2.19. The van der Waals surface area contributed by atoms with Gasteiger partial charge in [-0.25, -0.2) is 22.6 Å². The van der Waals surface area contributed by atoms with E-state index in [1.807, 2.05) is 0 Å². The van der Waals surface area contributed by atoms with E-state index in [0.717, 1.165) is 6.33 Å². The summed E-state index contributed by atoms with van der Waals surface area (Å²) in [5, 5.41) is 18.4. The van der Waals surface area contributed by atoms with Crippen molar-refractivity contribution in [2.24, 2.45) is 7.05 Å². The summed E-state index contributed by atoms with van der Waals surface area (Å²) in [5.41, 5.74) is -0.459. The number of aromatic carboxylic acids is 1. The van der Waals surface area contributed by atoms with E-state index >= 15 is 0 Å². The van der Waals surface area contributed by atoms with Gasteiger partial charge in [0.2, 0.25) is 5.95 Å². The van der Waals surface area contributed by atoms with Crippen molar-refractivity contribution in [1.82, 2.24) is 25.0 Å². The molecule has 3 N–H and O–H groups in total. The average molecular weight is 286 g/mol. The van der Waals surface area contributed by atoms with Gasteiger partial charge in [0.1, 0.15) is 11.2 Å². The zero-order chi connectivity index (χ0) is 14.2. The third-order valence-corrected chi connectivity index (χ3v) is 3.79. The fourth-order valence-electron chi connectivity index (χ4n) is 1.45. The molecule has 0 saturated heterocycles. The Hall–Kier alpha value is -2.43. The van der Waals surface area contributed by atoms with Crippen LogP contribution in [0.15, 0.2) is 11.2 Å². The summed E-state index contributed by atoms with van der Waals surface area (Å²) in [6.07, 6.45) is 1.16. The number of aryl methyl sites for hydroxylation is 2. The second-order valence-electron chi connectivity index (χ2n) is 3.64. The molecule has 19 heavy (non-hydrogen) atoms. The fourth-order valence-corrected chi connectivity index (χ4v) is 2.82. The summed E-state index contributed by atoms with van der Waals surface area (Å²) in [7, 11) is -2.63. The van der Waals surface area contributed by atoms with Crippen LogP contribution in [-0.4, -0.2) is 44.5 Å². The molecule has 0 amide bonds. The van der Waals surface area contributed by atoms with Crippen molar-refractivity contribution in [3.8, 4) is 0 Å². The molecule has 0 radical (unpaired) electrons. The van der Waals surface area contributed by atoms with Crippen LogP contribution in [0.25, 0.3) is 0 Å².